The lowest BCUT2D eigenvalue weighted by Gasteiger charge is -2.29. The van der Waals surface area contributed by atoms with Gasteiger partial charge in [0.1, 0.15) is 0 Å². The predicted molar refractivity (Wildman–Crippen MR) is 143 cm³/mol. The molecule has 1 unspecified atom stereocenters. The average molecular weight is 518 g/mol. The molecule has 7 nitrogen and oxygen atoms in total. The van der Waals surface area contributed by atoms with E-state index in [9.17, 15) is 4.79 Å². The number of halogens is 1. The van der Waals surface area contributed by atoms with E-state index in [1.165, 1.54) is 13.2 Å². The van der Waals surface area contributed by atoms with Crippen LogP contribution >= 0.6 is 0 Å². The van der Waals surface area contributed by atoms with Crippen molar-refractivity contribution >= 4 is 11.6 Å². The molecule has 0 spiro atoms. The summed E-state index contributed by atoms with van der Waals surface area (Å²) in [6, 6.07) is 13.1. The van der Waals surface area contributed by atoms with Gasteiger partial charge in [0, 0.05) is 34.0 Å². The lowest BCUT2D eigenvalue weighted by molar-refractivity contribution is -0.164. The third-order valence-corrected chi connectivity index (χ3v) is 6.74. The number of carbonyl (C=O) groups excluding carboxylic acids is 1. The molecular formula is C30H32FN3O4. The molecule has 1 aliphatic rings. The minimum Gasteiger partial charge on any atom is -0.490 e. The lowest BCUT2D eigenvalue weighted by Crippen LogP contribution is -2.30. The molecule has 4 aromatic rings. The van der Waals surface area contributed by atoms with Gasteiger partial charge in [-0.25, -0.2) is 18.7 Å². The van der Waals surface area contributed by atoms with Crippen molar-refractivity contribution in [1.82, 2.24) is 14.6 Å². The van der Waals surface area contributed by atoms with E-state index < -0.39 is 23.5 Å². The molecule has 2 aromatic carbocycles. The van der Waals surface area contributed by atoms with Crippen LogP contribution in [-0.2, 0) is 20.7 Å². The normalized spacial score (nSPS) is 14.2. The molecule has 0 amide bonds. The smallest absolute Gasteiger partial charge is 0.339 e. The highest BCUT2D eigenvalue weighted by atomic mass is 19.1. The van der Waals surface area contributed by atoms with Crippen LogP contribution in [0.5, 0.6) is 5.75 Å². The molecular weight excluding hydrogens is 485 g/mol. The van der Waals surface area contributed by atoms with Gasteiger partial charge in [-0.2, -0.15) is 5.10 Å². The Morgan fingerprint density at radius 3 is 2.58 bits per heavy atom. The number of aromatic nitrogens is 3. The van der Waals surface area contributed by atoms with E-state index in [1.807, 2.05) is 71.0 Å². The third-order valence-electron chi connectivity index (χ3n) is 6.74. The Morgan fingerprint density at radius 1 is 1.16 bits per heavy atom. The van der Waals surface area contributed by atoms with Gasteiger partial charge in [-0.1, -0.05) is 30.3 Å². The first-order valence-corrected chi connectivity index (χ1v) is 12.8. The van der Waals surface area contributed by atoms with Crippen molar-refractivity contribution in [2.24, 2.45) is 0 Å². The highest BCUT2D eigenvalue weighted by Crippen LogP contribution is 2.42. The van der Waals surface area contributed by atoms with Gasteiger partial charge < -0.3 is 14.2 Å². The van der Waals surface area contributed by atoms with E-state index in [-0.39, 0.29) is 0 Å². The van der Waals surface area contributed by atoms with Crippen molar-refractivity contribution < 1.29 is 23.4 Å². The van der Waals surface area contributed by atoms with Crippen LogP contribution in [0.25, 0.3) is 28.2 Å². The van der Waals surface area contributed by atoms with Crippen LogP contribution in [0.4, 0.5) is 4.39 Å². The van der Waals surface area contributed by atoms with Gasteiger partial charge in [0.2, 0.25) is 0 Å². The number of hydrogen-bond donors (Lipinski definition) is 0. The number of fused-ring (bicyclic) bond motifs is 2. The second-order valence-electron chi connectivity index (χ2n) is 10.5. The molecule has 3 heterocycles. The van der Waals surface area contributed by atoms with Crippen LogP contribution in [0.15, 0.2) is 42.5 Å². The Hall–Kier alpha value is -3.78. The molecule has 1 atom stereocenters. The van der Waals surface area contributed by atoms with Gasteiger partial charge in [0.15, 0.2) is 23.3 Å². The van der Waals surface area contributed by atoms with E-state index in [0.717, 1.165) is 23.1 Å². The maximum Gasteiger partial charge on any atom is 0.339 e. The van der Waals surface area contributed by atoms with Gasteiger partial charge in [-0.3, -0.25) is 0 Å². The van der Waals surface area contributed by atoms with Gasteiger partial charge >= 0.3 is 5.97 Å². The third kappa shape index (κ3) is 4.65. The quantitative estimate of drug-likeness (QED) is 0.295. The van der Waals surface area contributed by atoms with Crippen molar-refractivity contribution in [1.29, 1.82) is 0 Å². The number of aryl methyl sites for hydroxylation is 1. The largest absolute Gasteiger partial charge is 0.490 e. The summed E-state index contributed by atoms with van der Waals surface area (Å²) in [5, 5.41) is 4.90. The Kier molecular flexibility index (Phi) is 6.69. The van der Waals surface area contributed by atoms with Gasteiger partial charge in [0.05, 0.1) is 30.7 Å². The predicted octanol–water partition coefficient (Wildman–Crippen LogP) is 6.17. The van der Waals surface area contributed by atoms with E-state index in [0.29, 0.717) is 52.6 Å². The summed E-state index contributed by atoms with van der Waals surface area (Å²) < 4.78 is 34.3. The van der Waals surface area contributed by atoms with Crippen LogP contribution in [0.3, 0.4) is 0 Å². The van der Waals surface area contributed by atoms with Crippen LogP contribution in [0.1, 0.15) is 55.7 Å². The minimum absolute atomic E-state index is 0.293. The molecule has 0 fully saturated rings. The zero-order chi connectivity index (χ0) is 27.2. The van der Waals surface area contributed by atoms with Crippen molar-refractivity contribution in [2.45, 2.75) is 59.2 Å². The molecule has 0 N–H and O–H groups in total. The Morgan fingerprint density at radius 2 is 1.89 bits per heavy atom. The molecule has 38 heavy (non-hydrogen) atoms. The fourth-order valence-electron chi connectivity index (χ4n) is 5.05. The number of carbonyl (C=O) groups is 1. The first kappa shape index (κ1) is 25.9. The van der Waals surface area contributed by atoms with E-state index in [2.05, 4.69) is 0 Å². The van der Waals surface area contributed by atoms with Crippen LogP contribution in [0.2, 0.25) is 0 Å². The highest BCUT2D eigenvalue weighted by Gasteiger charge is 2.35. The van der Waals surface area contributed by atoms with E-state index >= 15 is 4.39 Å². The van der Waals surface area contributed by atoms with E-state index in [4.69, 9.17) is 24.3 Å². The summed E-state index contributed by atoms with van der Waals surface area (Å²) in [5.74, 6) is -0.724. The van der Waals surface area contributed by atoms with Crippen LogP contribution in [0, 0.1) is 19.7 Å². The number of ether oxygens (including phenoxy) is 3. The molecule has 5 rings (SSSR count). The molecule has 0 bridgehead atoms. The topological polar surface area (TPSA) is 75.0 Å². The van der Waals surface area contributed by atoms with Crippen molar-refractivity contribution in [3.63, 3.8) is 0 Å². The molecule has 0 saturated heterocycles. The Balaban J connectivity index is 1.87. The summed E-state index contributed by atoms with van der Waals surface area (Å²) >= 11 is 0. The molecule has 0 radical (unpaired) electrons. The van der Waals surface area contributed by atoms with Crippen molar-refractivity contribution in [3.8, 4) is 28.3 Å². The molecule has 2 aromatic heterocycles. The van der Waals surface area contributed by atoms with Gasteiger partial charge in [-0.05, 0) is 59.1 Å². The first-order valence-electron chi connectivity index (χ1n) is 12.8. The average Bonchev–Trinajstić information content (AvgIpc) is 3.32. The monoisotopic (exact) mass is 517 g/mol. The summed E-state index contributed by atoms with van der Waals surface area (Å²) in [6.07, 6.45) is 0.388. The number of esters is 1. The summed E-state index contributed by atoms with van der Waals surface area (Å²) in [4.78, 5) is 18.0. The van der Waals surface area contributed by atoms with Crippen LogP contribution < -0.4 is 4.74 Å². The second kappa shape index (κ2) is 9.83. The van der Waals surface area contributed by atoms with Crippen LogP contribution in [-0.4, -0.2) is 39.9 Å². The standard InChI is InChI=1S/C30H32FN3O4/c1-17-20-13-10-14-37-27(20)22(31)15-21(17)26-25(28(29(35)36-6)38-30(3,4)5)18(2)32-24-16-23(33-34(24)26)19-11-8-7-9-12-19/h7-9,11-12,15-16,28H,10,13-14H2,1-6H3. The number of methoxy groups -OCH3 is 1. The lowest BCUT2D eigenvalue weighted by atomic mass is 9.91. The van der Waals surface area contributed by atoms with Crippen molar-refractivity contribution in [2.75, 3.05) is 13.7 Å². The highest BCUT2D eigenvalue weighted by molar-refractivity contribution is 5.83. The maximum absolute atomic E-state index is 15.5. The van der Waals surface area contributed by atoms with Gasteiger partial charge in [0.25, 0.3) is 0 Å². The Bertz CT molecular complexity index is 1520. The fraction of sp³-hybridized carbons (Fsp3) is 0.367. The molecule has 198 valence electrons. The summed E-state index contributed by atoms with van der Waals surface area (Å²) in [7, 11) is 1.32. The first-order chi connectivity index (χ1) is 18.1. The number of hydrogen-bond acceptors (Lipinski definition) is 6. The second-order valence-corrected chi connectivity index (χ2v) is 10.5. The summed E-state index contributed by atoms with van der Waals surface area (Å²) in [5.41, 5.74) is 5.41. The number of nitrogens with zero attached hydrogens (tertiary/aromatic N) is 3. The fourth-order valence-corrected chi connectivity index (χ4v) is 5.05. The zero-order valence-corrected chi connectivity index (χ0v) is 22.6. The molecule has 1 aliphatic heterocycles. The molecule has 0 saturated carbocycles. The SMILES string of the molecule is COC(=O)C(OC(C)(C)C)c1c(C)nc2cc(-c3ccccc3)nn2c1-c1cc(F)c2c(c1C)CCCO2. The van der Waals surface area contributed by atoms with Gasteiger partial charge in [-0.15, -0.1) is 0 Å². The van der Waals surface area contributed by atoms with E-state index in [1.54, 1.807) is 4.52 Å². The Labute approximate surface area is 221 Å². The molecule has 0 aliphatic carbocycles. The zero-order valence-electron chi connectivity index (χ0n) is 22.6. The maximum atomic E-state index is 15.5. The number of rotatable bonds is 5. The molecule has 8 heteroatoms. The van der Waals surface area contributed by atoms with Crippen molar-refractivity contribution in [3.05, 3.63) is 70.7 Å². The number of benzene rings is 2. The summed E-state index contributed by atoms with van der Waals surface area (Å²) in [6.45, 7) is 9.86. The minimum atomic E-state index is -1.11.